The average molecular weight is 719 g/mol. The molecule has 0 atom stereocenters. The molecule has 0 unspecified atom stereocenters. The van der Waals surface area contributed by atoms with Crippen molar-refractivity contribution < 1.29 is 40.7 Å². The molecule has 272 valence electrons. The average Bonchev–Trinajstić information content (AvgIpc) is 3.32. The van der Waals surface area contributed by atoms with Gasteiger partial charge >= 0.3 is 6.18 Å². The highest BCUT2D eigenvalue weighted by molar-refractivity contribution is 7.89. The van der Waals surface area contributed by atoms with Crippen molar-refractivity contribution in [2.75, 3.05) is 59.3 Å². The maximum Gasteiger partial charge on any atom is 0.416 e. The molecule has 2 aromatic carbocycles. The molecule has 2 heterocycles. The molecule has 0 N–H and O–H groups in total. The van der Waals surface area contributed by atoms with Crippen molar-refractivity contribution in [1.82, 2.24) is 14.1 Å². The summed E-state index contributed by atoms with van der Waals surface area (Å²) in [5.74, 6) is -0.640. The van der Waals surface area contributed by atoms with E-state index in [1.807, 2.05) is 6.92 Å². The van der Waals surface area contributed by atoms with Crippen molar-refractivity contribution in [2.45, 2.75) is 50.7 Å². The van der Waals surface area contributed by atoms with E-state index >= 15 is 0 Å². The molecule has 0 saturated carbocycles. The fourth-order valence-corrected chi connectivity index (χ4v) is 7.49. The number of halogens is 3. The number of aliphatic imine (C=N–C) groups is 1. The van der Waals surface area contributed by atoms with Gasteiger partial charge in [-0.2, -0.15) is 13.2 Å². The number of amidine groups is 1. The second-order valence-corrected chi connectivity index (χ2v) is 14.6. The summed E-state index contributed by atoms with van der Waals surface area (Å²) < 4.78 is 80.5. The number of piperidine rings is 1. The van der Waals surface area contributed by atoms with Crippen LogP contribution in [0.3, 0.4) is 0 Å². The molecule has 2 aliphatic rings. The van der Waals surface area contributed by atoms with Crippen LogP contribution < -0.4 is 4.74 Å². The summed E-state index contributed by atoms with van der Waals surface area (Å²) in [5.41, 5.74) is -0.0326. The van der Waals surface area contributed by atoms with Crippen LogP contribution in [0.1, 0.15) is 58.3 Å². The standard InChI is InChI=1S/C36H45F3N4O6S/c1-6-8-9-19-49-31-24-29(23-30(25-31)36(37,38)39)32-40-35(34(45)42(32)5)13-15-43(16-14-35)50(46,47)21-12-27-10-11-28(22-26(27)3)33(44)41(4)17-20-48-18-7-2/h6-7,10-11,22-25H,1-2,8-9,12-21H2,3-5H3. The van der Waals surface area contributed by atoms with E-state index in [-0.39, 0.29) is 67.8 Å². The van der Waals surface area contributed by atoms with Gasteiger partial charge in [-0.3, -0.25) is 19.5 Å². The van der Waals surface area contributed by atoms with Gasteiger partial charge in [0.15, 0.2) is 0 Å². The van der Waals surface area contributed by atoms with Gasteiger partial charge in [-0.1, -0.05) is 18.2 Å². The highest BCUT2D eigenvalue weighted by atomic mass is 32.2. The first-order valence-corrected chi connectivity index (χ1v) is 18.1. The van der Waals surface area contributed by atoms with Crippen LogP contribution in [0.25, 0.3) is 0 Å². The SMILES string of the molecule is C=CCCCOc1cc(C2=NC3(CCN(S(=O)(=O)CCc4ccc(C(=O)N(C)CCOCC=C)cc4C)CC3)C(=O)N2C)cc(C(F)(F)F)c1. The van der Waals surface area contributed by atoms with Gasteiger partial charge in [0.1, 0.15) is 17.1 Å². The van der Waals surface area contributed by atoms with Gasteiger partial charge in [0.05, 0.1) is 31.1 Å². The number of sulfonamides is 1. The number of unbranched alkanes of at least 4 members (excludes halogenated alkanes) is 1. The molecular formula is C36H45F3N4O6S. The molecule has 2 amide bonds. The Balaban J connectivity index is 1.42. The number of nitrogens with zero attached hydrogens (tertiary/aromatic N) is 4. The molecule has 1 fully saturated rings. The van der Waals surface area contributed by atoms with E-state index in [1.54, 1.807) is 42.3 Å². The van der Waals surface area contributed by atoms with E-state index in [9.17, 15) is 31.2 Å². The smallest absolute Gasteiger partial charge is 0.416 e. The lowest BCUT2D eigenvalue weighted by Crippen LogP contribution is -2.51. The summed E-state index contributed by atoms with van der Waals surface area (Å²) in [7, 11) is -0.575. The Morgan fingerprint density at radius 3 is 2.46 bits per heavy atom. The molecule has 2 aromatic rings. The van der Waals surface area contributed by atoms with Crippen molar-refractivity contribution in [3.63, 3.8) is 0 Å². The maximum atomic E-state index is 13.8. The predicted octanol–water partition coefficient (Wildman–Crippen LogP) is 5.26. The second-order valence-electron chi connectivity index (χ2n) is 12.6. The summed E-state index contributed by atoms with van der Waals surface area (Å²) in [6.45, 7) is 10.5. The minimum Gasteiger partial charge on any atom is -0.494 e. The molecule has 2 aliphatic heterocycles. The topological polar surface area (TPSA) is 109 Å². The third kappa shape index (κ3) is 9.20. The largest absolute Gasteiger partial charge is 0.494 e. The number of amides is 2. The maximum absolute atomic E-state index is 13.8. The van der Waals surface area contributed by atoms with Crippen LogP contribution in [0.2, 0.25) is 0 Å². The molecule has 10 nitrogen and oxygen atoms in total. The fraction of sp³-hybridized carbons (Fsp3) is 0.472. The number of likely N-dealkylation sites (N-methyl/N-ethyl adjacent to an activating group) is 2. The second kappa shape index (κ2) is 16.3. The van der Waals surface area contributed by atoms with Crippen molar-refractivity contribution >= 4 is 27.7 Å². The lowest BCUT2D eigenvalue weighted by atomic mass is 9.89. The molecule has 1 spiro atoms. The van der Waals surface area contributed by atoms with Gasteiger partial charge in [0.2, 0.25) is 10.0 Å². The van der Waals surface area contributed by atoms with Gasteiger partial charge in [-0.05, 0) is 80.5 Å². The van der Waals surface area contributed by atoms with E-state index in [0.717, 1.165) is 23.3 Å². The van der Waals surface area contributed by atoms with E-state index in [2.05, 4.69) is 18.2 Å². The lowest BCUT2D eigenvalue weighted by Gasteiger charge is -2.35. The highest BCUT2D eigenvalue weighted by Crippen LogP contribution is 2.38. The van der Waals surface area contributed by atoms with E-state index < -0.39 is 33.2 Å². The number of ether oxygens (including phenoxy) is 2. The van der Waals surface area contributed by atoms with Crippen LogP contribution in [-0.4, -0.2) is 105 Å². The van der Waals surface area contributed by atoms with Gasteiger partial charge in [-0.15, -0.1) is 13.2 Å². The minimum absolute atomic E-state index is 0.0122. The Hall–Kier alpha value is -4.01. The van der Waals surface area contributed by atoms with Gasteiger partial charge < -0.3 is 14.4 Å². The minimum atomic E-state index is -4.65. The molecule has 0 aliphatic carbocycles. The molecule has 0 aromatic heterocycles. The summed E-state index contributed by atoms with van der Waals surface area (Å²) in [6.07, 6.45) is 0.311. The molecular weight excluding hydrogens is 673 g/mol. The number of hydrogen-bond donors (Lipinski definition) is 0. The summed E-state index contributed by atoms with van der Waals surface area (Å²) in [5, 5.41) is 0. The Morgan fingerprint density at radius 1 is 1.10 bits per heavy atom. The molecule has 1 saturated heterocycles. The summed E-state index contributed by atoms with van der Waals surface area (Å²) >= 11 is 0. The number of alkyl halides is 3. The van der Waals surface area contributed by atoms with E-state index in [1.165, 1.54) is 22.3 Å². The van der Waals surface area contributed by atoms with Crippen molar-refractivity contribution in [3.8, 4) is 5.75 Å². The number of rotatable bonds is 16. The number of allylic oxidation sites excluding steroid dienone is 1. The van der Waals surface area contributed by atoms with Gasteiger partial charge in [-0.25, -0.2) is 12.7 Å². The zero-order chi connectivity index (χ0) is 36.7. The molecule has 14 heteroatoms. The van der Waals surface area contributed by atoms with Crippen LogP contribution in [0.15, 0.2) is 66.7 Å². The van der Waals surface area contributed by atoms with E-state index in [4.69, 9.17) is 9.47 Å². The van der Waals surface area contributed by atoms with Crippen LogP contribution in [0.4, 0.5) is 13.2 Å². The number of carbonyl (C=O) groups excluding carboxylic acids is 2. The summed E-state index contributed by atoms with van der Waals surface area (Å²) in [6, 6.07) is 8.50. The molecule has 0 radical (unpaired) electrons. The van der Waals surface area contributed by atoms with Gasteiger partial charge in [0, 0.05) is 44.9 Å². The van der Waals surface area contributed by atoms with Crippen LogP contribution in [0, 0.1) is 6.92 Å². The third-order valence-electron chi connectivity index (χ3n) is 8.97. The normalized spacial score (nSPS) is 16.4. The van der Waals surface area contributed by atoms with Crippen LogP contribution >= 0.6 is 0 Å². The monoisotopic (exact) mass is 718 g/mol. The number of carbonyl (C=O) groups is 2. The van der Waals surface area contributed by atoms with Crippen molar-refractivity contribution in [1.29, 1.82) is 0 Å². The quantitative estimate of drug-likeness (QED) is 0.173. The predicted molar refractivity (Wildman–Crippen MR) is 186 cm³/mol. The number of hydrogen-bond acceptors (Lipinski definition) is 7. The lowest BCUT2D eigenvalue weighted by molar-refractivity contribution is -0.137. The third-order valence-corrected chi connectivity index (χ3v) is 10.8. The number of aryl methyl sites for hydroxylation is 2. The fourth-order valence-electron chi connectivity index (χ4n) is 6.01. The van der Waals surface area contributed by atoms with Crippen molar-refractivity contribution in [2.24, 2.45) is 4.99 Å². The van der Waals surface area contributed by atoms with Crippen molar-refractivity contribution in [3.05, 3.63) is 89.5 Å². The highest BCUT2D eigenvalue weighted by Gasteiger charge is 2.50. The van der Waals surface area contributed by atoms with E-state index in [0.29, 0.717) is 38.2 Å². The Kier molecular flexibility index (Phi) is 12.7. The van der Waals surface area contributed by atoms with Crippen LogP contribution in [0.5, 0.6) is 5.75 Å². The zero-order valence-electron chi connectivity index (χ0n) is 28.8. The van der Waals surface area contributed by atoms with Gasteiger partial charge in [0.25, 0.3) is 11.8 Å². The zero-order valence-corrected chi connectivity index (χ0v) is 29.6. The first-order chi connectivity index (χ1) is 23.6. The molecule has 4 rings (SSSR count). The summed E-state index contributed by atoms with van der Waals surface area (Å²) in [4.78, 5) is 33.8. The molecule has 0 bridgehead atoms. The first kappa shape index (κ1) is 38.8. The van der Waals surface area contributed by atoms with Crippen LogP contribution in [-0.2, 0) is 32.2 Å². The number of benzene rings is 2. The molecule has 50 heavy (non-hydrogen) atoms. The first-order valence-electron chi connectivity index (χ1n) is 16.5. The Labute approximate surface area is 292 Å². The Bertz CT molecular complexity index is 1720. The Morgan fingerprint density at radius 2 is 1.82 bits per heavy atom.